The first-order chi connectivity index (χ1) is 18.8. The van der Waals surface area contributed by atoms with E-state index in [9.17, 15) is 4.79 Å². The normalized spacial score (nSPS) is 18.8. The van der Waals surface area contributed by atoms with Gasteiger partial charge in [-0.05, 0) is 94.9 Å². The molecule has 0 spiro atoms. The van der Waals surface area contributed by atoms with Gasteiger partial charge in [0.05, 0.1) is 5.39 Å². The molecule has 2 N–H and O–H groups in total. The molecule has 3 aromatic rings. The minimum Gasteiger partial charge on any atom is -0.444 e. The summed E-state index contributed by atoms with van der Waals surface area (Å²) in [5.41, 5.74) is 3.33. The number of benzene rings is 1. The van der Waals surface area contributed by atoms with Crippen LogP contribution in [0.1, 0.15) is 94.1 Å². The molecule has 6 rings (SSSR count). The van der Waals surface area contributed by atoms with E-state index in [2.05, 4.69) is 34.9 Å². The summed E-state index contributed by atoms with van der Waals surface area (Å²) in [5, 5.41) is 8.57. The number of nitrogens with one attached hydrogen (secondary N) is 2. The van der Waals surface area contributed by atoms with Gasteiger partial charge in [-0.15, -0.1) is 11.3 Å². The van der Waals surface area contributed by atoms with Crippen LogP contribution in [0.4, 0.5) is 22.2 Å². The van der Waals surface area contributed by atoms with Gasteiger partial charge in [0.2, 0.25) is 5.95 Å². The fourth-order valence-electron chi connectivity index (χ4n) is 6.29. The molecule has 2 fully saturated rings. The number of hydrogen-bond acceptors (Lipinski definition) is 7. The van der Waals surface area contributed by atoms with Gasteiger partial charge in [0.15, 0.2) is 0 Å². The summed E-state index contributed by atoms with van der Waals surface area (Å²) in [7, 11) is 0. The van der Waals surface area contributed by atoms with E-state index < -0.39 is 5.60 Å². The Morgan fingerprint density at radius 3 is 2.44 bits per heavy atom. The predicted molar refractivity (Wildman–Crippen MR) is 159 cm³/mol. The van der Waals surface area contributed by atoms with Crippen molar-refractivity contribution in [2.24, 2.45) is 0 Å². The summed E-state index contributed by atoms with van der Waals surface area (Å²) < 4.78 is 5.55. The number of nitrogens with zero attached hydrogens (tertiary/aromatic N) is 3. The molecule has 3 heterocycles. The van der Waals surface area contributed by atoms with Gasteiger partial charge in [0.1, 0.15) is 16.2 Å². The number of piperidine rings is 1. The Bertz CT molecular complexity index is 1320. The highest BCUT2D eigenvalue weighted by atomic mass is 32.1. The average Bonchev–Trinajstić information content (AvgIpc) is 3.50. The predicted octanol–water partition coefficient (Wildman–Crippen LogP) is 7.78. The molecular formula is C31H41N5O2S. The maximum Gasteiger partial charge on any atom is 0.410 e. The van der Waals surface area contributed by atoms with Crippen LogP contribution in [0.15, 0.2) is 24.3 Å². The SMILES string of the molecule is CC(C)(C)OC(=O)N1CCC(c2ccc(Nc3nc(NC4CCCCC4)c4c5c(sc4n3)CCC5)cc2)CC1. The second kappa shape index (κ2) is 11.0. The lowest BCUT2D eigenvalue weighted by molar-refractivity contribution is 0.0205. The minimum atomic E-state index is -0.457. The Morgan fingerprint density at radius 2 is 1.72 bits per heavy atom. The Morgan fingerprint density at radius 1 is 0.974 bits per heavy atom. The topological polar surface area (TPSA) is 79.4 Å². The summed E-state index contributed by atoms with van der Waals surface area (Å²) in [4.78, 5) is 26.8. The fraction of sp³-hybridized carbons (Fsp3) is 0.581. The van der Waals surface area contributed by atoms with E-state index in [1.165, 1.54) is 66.3 Å². The molecule has 1 aromatic carbocycles. The molecule has 0 unspecified atom stereocenters. The zero-order valence-corrected chi connectivity index (χ0v) is 24.3. The largest absolute Gasteiger partial charge is 0.444 e. The van der Waals surface area contributed by atoms with Crippen molar-refractivity contribution < 1.29 is 9.53 Å². The summed E-state index contributed by atoms with van der Waals surface area (Å²) in [5.74, 6) is 2.13. The first-order valence-electron chi connectivity index (χ1n) is 14.8. The lowest BCUT2D eigenvalue weighted by atomic mass is 9.89. The van der Waals surface area contributed by atoms with Gasteiger partial charge < -0.3 is 20.3 Å². The molecule has 8 heteroatoms. The number of likely N-dealkylation sites (tertiary alicyclic amines) is 1. The molecule has 2 aromatic heterocycles. The van der Waals surface area contributed by atoms with Crippen molar-refractivity contribution in [2.45, 2.75) is 103 Å². The highest BCUT2D eigenvalue weighted by Gasteiger charge is 2.28. The van der Waals surface area contributed by atoms with Crippen LogP contribution in [-0.4, -0.2) is 45.7 Å². The van der Waals surface area contributed by atoms with Crippen molar-refractivity contribution in [1.29, 1.82) is 0 Å². The molecule has 208 valence electrons. The Labute approximate surface area is 235 Å². The van der Waals surface area contributed by atoms with Crippen molar-refractivity contribution in [2.75, 3.05) is 23.7 Å². The molecule has 2 aliphatic carbocycles. The van der Waals surface area contributed by atoms with Crippen LogP contribution in [0.3, 0.4) is 0 Å². The quantitative estimate of drug-likeness (QED) is 0.339. The van der Waals surface area contributed by atoms with Gasteiger partial charge in [-0.3, -0.25) is 0 Å². The van der Waals surface area contributed by atoms with Crippen molar-refractivity contribution in [3.05, 3.63) is 40.3 Å². The van der Waals surface area contributed by atoms with Gasteiger partial charge >= 0.3 is 6.09 Å². The molecule has 7 nitrogen and oxygen atoms in total. The molecule has 1 saturated carbocycles. The first-order valence-corrected chi connectivity index (χ1v) is 15.6. The minimum absolute atomic E-state index is 0.203. The lowest BCUT2D eigenvalue weighted by Gasteiger charge is -2.33. The Balaban J connectivity index is 1.14. The van der Waals surface area contributed by atoms with E-state index in [0.29, 0.717) is 17.9 Å². The van der Waals surface area contributed by atoms with E-state index in [1.807, 2.05) is 37.0 Å². The van der Waals surface area contributed by atoms with Gasteiger partial charge in [0, 0.05) is 29.7 Å². The summed E-state index contributed by atoms with van der Waals surface area (Å²) in [6.07, 6.45) is 11.6. The zero-order chi connectivity index (χ0) is 27.0. The Hall–Kier alpha value is -2.87. The molecule has 0 bridgehead atoms. The fourth-order valence-corrected chi connectivity index (χ4v) is 7.55. The van der Waals surface area contributed by atoms with Crippen LogP contribution in [0, 0.1) is 0 Å². The van der Waals surface area contributed by atoms with E-state index in [1.54, 1.807) is 0 Å². The second-order valence-corrected chi connectivity index (χ2v) is 13.5. The van der Waals surface area contributed by atoms with Crippen molar-refractivity contribution in [1.82, 2.24) is 14.9 Å². The maximum absolute atomic E-state index is 12.4. The number of ether oxygens (including phenoxy) is 1. The molecule has 1 aliphatic heterocycles. The second-order valence-electron chi connectivity index (χ2n) is 12.4. The number of thiophene rings is 1. The van der Waals surface area contributed by atoms with Crippen LogP contribution >= 0.6 is 11.3 Å². The van der Waals surface area contributed by atoms with Crippen LogP contribution in [0.25, 0.3) is 10.2 Å². The standard InChI is InChI=1S/C31H41N5O2S/c1-31(2,3)38-30(37)36-18-16-21(17-19-36)20-12-14-23(15-13-20)33-29-34-27(32-22-8-5-4-6-9-22)26-24-10-7-11-25(24)39-28(26)35-29/h12-15,21-22H,4-11,16-19H2,1-3H3,(H2,32,33,34,35). The third-order valence-electron chi connectivity index (χ3n) is 8.30. The summed E-state index contributed by atoms with van der Waals surface area (Å²) >= 11 is 1.85. The number of aryl methyl sites for hydroxylation is 2. The molecule has 0 radical (unpaired) electrons. The number of carbonyl (C=O) groups is 1. The summed E-state index contributed by atoms with van der Waals surface area (Å²) in [6.45, 7) is 7.20. The van der Waals surface area contributed by atoms with Gasteiger partial charge in [-0.2, -0.15) is 4.98 Å². The molecule has 39 heavy (non-hydrogen) atoms. The van der Waals surface area contributed by atoms with E-state index in [-0.39, 0.29) is 6.09 Å². The number of rotatable bonds is 5. The van der Waals surface area contributed by atoms with Crippen molar-refractivity contribution >= 4 is 45.1 Å². The Kier molecular flexibility index (Phi) is 7.40. The molecule has 3 aliphatic rings. The lowest BCUT2D eigenvalue weighted by Crippen LogP contribution is -2.41. The van der Waals surface area contributed by atoms with Gasteiger partial charge in [0.25, 0.3) is 0 Å². The monoisotopic (exact) mass is 547 g/mol. The van der Waals surface area contributed by atoms with Crippen LogP contribution < -0.4 is 10.6 Å². The van der Waals surface area contributed by atoms with Crippen molar-refractivity contribution in [3.63, 3.8) is 0 Å². The van der Waals surface area contributed by atoms with Crippen LogP contribution in [0.5, 0.6) is 0 Å². The number of fused-ring (bicyclic) bond motifs is 3. The zero-order valence-electron chi connectivity index (χ0n) is 23.5. The third-order valence-corrected chi connectivity index (χ3v) is 9.48. The molecule has 1 saturated heterocycles. The van der Waals surface area contributed by atoms with Gasteiger partial charge in [-0.1, -0.05) is 31.4 Å². The smallest absolute Gasteiger partial charge is 0.410 e. The van der Waals surface area contributed by atoms with E-state index in [4.69, 9.17) is 14.7 Å². The van der Waals surface area contributed by atoms with Gasteiger partial charge in [-0.25, -0.2) is 9.78 Å². The highest BCUT2D eigenvalue weighted by molar-refractivity contribution is 7.19. The maximum atomic E-state index is 12.4. The van der Waals surface area contributed by atoms with Crippen LogP contribution in [0.2, 0.25) is 0 Å². The number of hydrogen-bond donors (Lipinski definition) is 2. The highest BCUT2D eigenvalue weighted by Crippen LogP contribution is 2.41. The number of anilines is 3. The molecular weight excluding hydrogens is 506 g/mol. The van der Waals surface area contributed by atoms with E-state index in [0.717, 1.165) is 48.7 Å². The first kappa shape index (κ1) is 26.4. The molecule has 0 atom stereocenters. The number of carbonyl (C=O) groups excluding carboxylic acids is 1. The number of amides is 1. The molecule has 1 amide bonds. The van der Waals surface area contributed by atoms with Crippen LogP contribution in [-0.2, 0) is 17.6 Å². The third kappa shape index (κ3) is 6.01. The van der Waals surface area contributed by atoms with E-state index >= 15 is 0 Å². The number of aromatic nitrogens is 2. The average molecular weight is 548 g/mol. The summed E-state index contributed by atoms with van der Waals surface area (Å²) in [6, 6.07) is 9.17. The van der Waals surface area contributed by atoms with Crippen molar-refractivity contribution in [3.8, 4) is 0 Å².